The zero-order valence-electron chi connectivity index (χ0n) is 14.4. The van der Waals surface area contributed by atoms with Crippen LogP contribution in [0.15, 0.2) is 30.3 Å². The van der Waals surface area contributed by atoms with E-state index in [1.807, 2.05) is 23.1 Å². The Kier molecular flexibility index (Phi) is 4.24. The summed E-state index contributed by atoms with van der Waals surface area (Å²) in [5.74, 6) is 1.09. The van der Waals surface area contributed by atoms with E-state index in [1.165, 1.54) is 0 Å². The van der Waals surface area contributed by atoms with Crippen LogP contribution >= 0.6 is 0 Å². The second kappa shape index (κ2) is 6.54. The molecule has 0 unspecified atom stereocenters. The molecule has 25 heavy (non-hydrogen) atoms. The Bertz CT molecular complexity index is 715. The van der Waals surface area contributed by atoms with Gasteiger partial charge in [-0.3, -0.25) is 9.59 Å². The van der Waals surface area contributed by atoms with Crippen molar-refractivity contribution in [2.24, 2.45) is 0 Å². The van der Waals surface area contributed by atoms with Gasteiger partial charge in [0.25, 0.3) is 0 Å². The molecule has 0 aliphatic carbocycles. The lowest BCUT2D eigenvalue weighted by Crippen LogP contribution is -2.42. The summed E-state index contributed by atoms with van der Waals surface area (Å²) >= 11 is 0. The molecular weight excluding hydrogens is 316 g/mol. The topological polar surface area (TPSA) is 49.9 Å². The van der Waals surface area contributed by atoms with Gasteiger partial charge in [0, 0.05) is 38.0 Å². The fraction of sp³-hybridized carbons (Fsp3) is 0.500. The van der Waals surface area contributed by atoms with Crippen LogP contribution in [0.3, 0.4) is 0 Å². The predicted molar refractivity (Wildman–Crippen MR) is 95.1 cm³/mol. The van der Waals surface area contributed by atoms with E-state index in [9.17, 15) is 9.59 Å². The molecular formula is C20H24N2O3. The van der Waals surface area contributed by atoms with Crippen LogP contribution in [0.5, 0.6) is 5.75 Å². The van der Waals surface area contributed by atoms with Gasteiger partial charge in [-0.2, -0.15) is 0 Å². The SMILES string of the molecule is O=C(CN1CCCC1=O)N1CCC[C@]2(C=Cc3ccccc3O2)CC1. The molecule has 1 aromatic carbocycles. The van der Waals surface area contributed by atoms with Gasteiger partial charge in [0.05, 0.1) is 6.54 Å². The molecule has 3 heterocycles. The number of fused-ring (bicyclic) bond motifs is 1. The van der Waals surface area contributed by atoms with Gasteiger partial charge in [-0.25, -0.2) is 0 Å². The summed E-state index contributed by atoms with van der Waals surface area (Å²) in [5.41, 5.74) is 0.796. The van der Waals surface area contributed by atoms with Crippen molar-refractivity contribution in [2.75, 3.05) is 26.2 Å². The monoisotopic (exact) mass is 340 g/mol. The van der Waals surface area contributed by atoms with Gasteiger partial charge in [0.2, 0.25) is 11.8 Å². The molecule has 5 heteroatoms. The van der Waals surface area contributed by atoms with Gasteiger partial charge in [0.15, 0.2) is 0 Å². The summed E-state index contributed by atoms with van der Waals surface area (Å²) in [4.78, 5) is 27.9. The molecule has 3 aliphatic rings. The van der Waals surface area contributed by atoms with Crippen molar-refractivity contribution in [1.29, 1.82) is 0 Å². The van der Waals surface area contributed by atoms with E-state index in [4.69, 9.17) is 4.74 Å². The number of carbonyl (C=O) groups is 2. The lowest BCUT2D eigenvalue weighted by molar-refractivity contribution is -0.138. The predicted octanol–water partition coefficient (Wildman–Crippen LogP) is 2.47. The number of amides is 2. The molecule has 0 bridgehead atoms. The third-order valence-electron chi connectivity index (χ3n) is 5.48. The van der Waals surface area contributed by atoms with Crippen molar-refractivity contribution < 1.29 is 14.3 Å². The number of rotatable bonds is 2. The van der Waals surface area contributed by atoms with Crippen LogP contribution < -0.4 is 4.74 Å². The highest BCUT2D eigenvalue weighted by Gasteiger charge is 2.36. The molecule has 1 aromatic rings. The van der Waals surface area contributed by atoms with Crippen LogP contribution in [0.4, 0.5) is 0 Å². The van der Waals surface area contributed by atoms with Crippen LogP contribution in [0.2, 0.25) is 0 Å². The maximum absolute atomic E-state index is 12.6. The Balaban J connectivity index is 1.41. The molecule has 0 N–H and O–H groups in total. The summed E-state index contributed by atoms with van der Waals surface area (Å²) in [6.45, 7) is 2.35. The summed E-state index contributed by atoms with van der Waals surface area (Å²) in [6.07, 6.45) is 8.35. The van der Waals surface area contributed by atoms with Crippen LogP contribution in [0.25, 0.3) is 6.08 Å². The highest BCUT2D eigenvalue weighted by Crippen LogP contribution is 2.36. The van der Waals surface area contributed by atoms with Crippen molar-refractivity contribution in [2.45, 2.75) is 37.7 Å². The van der Waals surface area contributed by atoms with Gasteiger partial charge in [-0.15, -0.1) is 0 Å². The first-order valence-electron chi connectivity index (χ1n) is 9.18. The number of carbonyl (C=O) groups excluding carboxylic acids is 2. The van der Waals surface area contributed by atoms with Crippen molar-refractivity contribution in [3.8, 4) is 5.75 Å². The quantitative estimate of drug-likeness (QED) is 0.831. The number of likely N-dealkylation sites (tertiary alicyclic amines) is 2. The van der Waals surface area contributed by atoms with Gasteiger partial charge in [-0.1, -0.05) is 24.3 Å². The summed E-state index contributed by atoms with van der Waals surface area (Å²) in [7, 11) is 0. The molecule has 4 rings (SSSR count). The van der Waals surface area contributed by atoms with E-state index >= 15 is 0 Å². The van der Waals surface area contributed by atoms with Crippen LogP contribution in [-0.2, 0) is 9.59 Å². The van der Waals surface area contributed by atoms with Gasteiger partial charge < -0.3 is 14.5 Å². The minimum atomic E-state index is -0.313. The molecule has 2 fully saturated rings. The zero-order valence-corrected chi connectivity index (χ0v) is 14.4. The largest absolute Gasteiger partial charge is 0.483 e. The molecule has 3 aliphatic heterocycles. The van der Waals surface area contributed by atoms with E-state index < -0.39 is 0 Å². The van der Waals surface area contributed by atoms with E-state index in [0.29, 0.717) is 19.5 Å². The summed E-state index contributed by atoms with van der Waals surface area (Å²) in [5, 5.41) is 0. The van der Waals surface area contributed by atoms with E-state index in [-0.39, 0.29) is 24.0 Å². The number of hydrogen-bond donors (Lipinski definition) is 0. The Hall–Kier alpha value is -2.30. The van der Waals surface area contributed by atoms with Crippen molar-refractivity contribution >= 4 is 17.9 Å². The number of nitrogens with zero attached hydrogens (tertiary/aromatic N) is 2. The highest BCUT2D eigenvalue weighted by atomic mass is 16.5. The van der Waals surface area contributed by atoms with E-state index in [0.717, 1.165) is 43.5 Å². The Morgan fingerprint density at radius 3 is 2.84 bits per heavy atom. The standard InChI is InChI=1S/C20H24N2O3/c23-18-7-3-12-22(18)15-19(24)21-13-4-9-20(11-14-21)10-8-16-5-1-2-6-17(16)25-20/h1-2,5-6,8,10H,3-4,7,9,11-15H2/t20-/m0/s1. The van der Waals surface area contributed by atoms with Crippen LogP contribution in [-0.4, -0.2) is 53.4 Å². The lowest BCUT2D eigenvalue weighted by Gasteiger charge is -2.34. The number of benzene rings is 1. The molecule has 5 nitrogen and oxygen atoms in total. The first kappa shape index (κ1) is 16.2. The Labute approximate surface area is 148 Å². The Morgan fingerprint density at radius 2 is 2.00 bits per heavy atom. The fourth-order valence-corrected chi connectivity index (χ4v) is 3.99. The summed E-state index contributed by atoms with van der Waals surface area (Å²) < 4.78 is 6.33. The molecule has 2 saturated heterocycles. The van der Waals surface area contributed by atoms with Gasteiger partial charge in [0.1, 0.15) is 11.4 Å². The van der Waals surface area contributed by atoms with Crippen molar-refractivity contribution in [1.82, 2.24) is 9.80 Å². The highest BCUT2D eigenvalue weighted by molar-refractivity contribution is 5.85. The fourth-order valence-electron chi connectivity index (χ4n) is 3.99. The van der Waals surface area contributed by atoms with Crippen LogP contribution in [0, 0.1) is 0 Å². The van der Waals surface area contributed by atoms with Crippen molar-refractivity contribution in [3.63, 3.8) is 0 Å². The molecule has 132 valence electrons. The van der Waals surface area contributed by atoms with Crippen LogP contribution in [0.1, 0.15) is 37.7 Å². The van der Waals surface area contributed by atoms with Crippen molar-refractivity contribution in [3.05, 3.63) is 35.9 Å². The molecule has 0 saturated carbocycles. The number of para-hydroxylation sites is 1. The van der Waals surface area contributed by atoms with E-state index in [1.54, 1.807) is 4.90 Å². The maximum atomic E-state index is 12.6. The first-order valence-corrected chi connectivity index (χ1v) is 9.18. The number of ether oxygens (including phenoxy) is 1. The Morgan fingerprint density at radius 1 is 1.12 bits per heavy atom. The lowest BCUT2D eigenvalue weighted by atomic mass is 9.91. The molecule has 2 amide bonds. The smallest absolute Gasteiger partial charge is 0.242 e. The van der Waals surface area contributed by atoms with Gasteiger partial charge >= 0.3 is 0 Å². The molecule has 1 spiro atoms. The first-order chi connectivity index (χ1) is 12.2. The van der Waals surface area contributed by atoms with Gasteiger partial charge in [-0.05, 0) is 31.4 Å². The third kappa shape index (κ3) is 3.28. The summed E-state index contributed by atoms with van der Waals surface area (Å²) in [6, 6.07) is 8.06. The maximum Gasteiger partial charge on any atom is 0.242 e. The average Bonchev–Trinajstić information content (AvgIpc) is 2.90. The minimum Gasteiger partial charge on any atom is -0.483 e. The second-order valence-electron chi connectivity index (χ2n) is 7.19. The zero-order chi connectivity index (χ0) is 17.3. The molecule has 0 radical (unpaired) electrons. The molecule has 0 aromatic heterocycles. The normalized spacial score (nSPS) is 25.7. The number of hydrogen-bond acceptors (Lipinski definition) is 3. The van der Waals surface area contributed by atoms with E-state index in [2.05, 4.69) is 18.2 Å². The molecule has 1 atom stereocenters. The average molecular weight is 340 g/mol. The second-order valence-corrected chi connectivity index (χ2v) is 7.19. The third-order valence-corrected chi connectivity index (χ3v) is 5.48. The minimum absolute atomic E-state index is 0.0625.